The zero-order chi connectivity index (χ0) is 23.5. The molecule has 2 aromatic carbocycles. The molecule has 0 saturated heterocycles. The van der Waals surface area contributed by atoms with E-state index in [1.807, 2.05) is 35.7 Å². The van der Waals surface area contributed by atoms with E-state index in [-0.39, 0.29) is 10.8 Å². The normalized spacial score (nSPS) is 11.4. The van der Waals surface area contributed by atoms with Crippen molar-refractivity contribution in [3.05, 3.63) is 88.1 Å². The molecule has 8 heteroatoms. The van der Waals surface area contributed by atoms with Crippen molar-refractivity contribution >= 4 is 27.3 Å². The Morgan fingerprint density at radius 2 is 1.73 bits per heavy atom. The van der Waals surface area contributed by atoms with Gasteiger partial charge in [0.1, 0.15) is 0 Å². The fraction of sp³-hybridized carbons (Fsp3) is 0.320. The number of sulfonamides is 1. The molecule has 1 aromatic heterocycles. The summed E-state index contributed by atoms with van der Waals surface area (Å²) in [7, 11) is -2.02. The van der Waals surface area contributed by atoms with E-state index < -0.39 is 10.0 Å². The average Bonchev–Trinajstić information content (AvgIpc) is 3.35. The fourth-order valence-electron chi connectivity index (χ4n) is 3.44. The molecule has 0 aliphatic rings. The molecule has 3 rings (SSSR count). The van der Waals surface area contributed by atoms with Gasteiger partial charge in [0.2, 0.25) is 10.0 Å². The van der Waals surface area contributed by atoms with Crippen LogP contribution in [0.3, 0.4) is 0 Å². The Bertz CT molecular complexity index is 1080. The van der Waals surface area contributed by atoms with Gasteiger partial charge in [-0.1, -0.05) is 36.4 Å². The Morgan fingerprint density at radius 3 is 2.39 bits per heavy atom. The van der Waals surface area contributed by atoms with Crippen LogP contribution in [-0.4, -0.2) is 52.6 Å². The minimum absolute atomic E-state index is 0.130. The predicted molar refractivity (Wildman–Crippen MR) is 132 cm³/mol. The molecular weight excluding hydrogens is 456 g/mol. The van der Waals surface area contributed by atoms with Gasteiger partial charge in [0.15, 0.2) is 0 Å². The minimum Gasteiger partial charge on any atom is -0.383 e. The van der Waals surface area contributed by atoms with Crippen LogP contribution in [0.15, 0.2) is 77.0 Å². The summed E-state index contributed by atoms with van der Waals surface area (Å²) in [5.74, 6) is -0.130. The number of benzene rings is 2. The fourth-order valence-corrected chi connectivity index (χ4v) is 5.18. The summed E-state index contributed by atoms with van der Waals surface area (Å²) in [6.45, 7) is 1.85. The van der Waals surface area contributed by atoms with Crippen molar-refractivity contribution in [1.29, 1.82) is 0 Å². The molecule has 33 heavy (non-hydrogen) atoms. The third-order valence-electron chi connectivity index (χ3n) is 5.24. The van der Waals surface area contributed by atoms with Gasteiger partial charge >= 0.3 is 0 Å². The number of amides is 1. The van der Waals surface area contributed by atoms with Crippen LogP contribution in [0, 0.1) is 0 Å². The lowest BCUT2D eigenvalue weighted by Gasteiger charge is -2.22. The quantitative estimate of drug-likeness (QED) is 0.396. The predicted octanol–water partition coefficient (Wildman–Crippen LogP) is 3.99. The first-order valence-electron chi connectivity index (χ1n) is 10.9. The maximum Gasteiger partial charge on any atom is 0.253 e. The zero-order valence-electron chi connectivity index (χ0n) is 18.8. The van der Waals surface area contributed by atoms with E-state index in [2.05, 4.69) is 16.9 Å². The van der Waals surface area contributed by atoms with Crippen LogP contribution in [-0.2, 0) is 27.6 Å². The van der Waals surface area contributed by atoms with E-state index in [1.165, 1.54) is 17.7 Å². The first-order valence-corrected chi connectivity index (χ1v) is 13.3. The summed E-state index contributed by atoms with van der Waals surface area (Å²) in [6, 6.07) is 20.2. The third-order valence-corrected chi connectivity index (χ3v) is 7.66. The summed E-state index contributed by atoms with van der Waals surface area (Å²) in [4.78, 5) is 16.1. The van der Waals surface area contributed by atoms with Crippen LogP contribution in [0.25, 0.3) is 0 Å². The summed E-state index contributed by atoms with van der Waals surface area (Å²) in [5.41, 5.74) is 1.70. The first kappa shape index (κ1) is 25.1. The summed E-state index contributed by atoms with van der Waals surface area (Å²) in [6.07, 6.45) is 2.36. The van der Waals surface area contributed by atoms with E-state index in [1.54, 1.807) is 35.5 Å². The van der Waals surface area contributed by atoms with Crippen LogP contribution in [0.5, 0.6) is 0 Å². The van der Waals surface area contributed by atoms with Crippen LogP contribution < -0.4 is 4.72 Å². The number of ether oxygens (including phenoxy) is 1. The van der Waals surface area contributed by atoms with Gasteiger partial charge in [0.25, 0.3) is 5.91 Å². The molecule has 0 unspecified atom stereocenters. The molecule has 176 valence electrons. The van der Waals surface area contributed by atoms with Gasteiger partial charge in [-0.05, 0) is 60.5 Å². The van der Waals surface area contributed by atoms with Crippen molar-refractivity contribution in [3.63, 3.8) is 0 Å². The summed E-state index contributed by atoms with van der Waals surface area (Å²) in [5, 5.41) is 1.97. The highest BCUT2D eigenvalue weighted by Gasteiger charge is 2.18. The molecule has 0 spiro atoms. The van der Waals surface area contributed by atoms with Gasteiger partial charge in [-0.25, -0.2) is 13.1 Å². The molecule has 0 saturated carbocycles. The van der Waals surface area contributed by atoms with E-state index in [0.717, 1.165) is 17.7 Å². The van der Waals surface area contributed by atoms with Crippen LogP contribution in [0.2, 0.25) is 0 Å². The highest BCUT2D eigenvalue weighted by atomic mass is 32.2. The largest absolute Gasteiger partial charge is 0.383 e. The second-order valence-electron chi connectivity index (χ2n) is 7.63. The molecule has 0 bridgehead atoms. The van der Waals surface area contributed by atoms with E-state index >= 15 is 0 Å². The Morgan fingerprint density at radius 1 is 0.970 bits per heavy atom. The lowest BCUT2D eigenvalue weighted by atomic mass is 10.1. The molecule has 1 heterocycles. The van der Waals surface area contributed by atoms with Crippen molar-refractivity contribution < 1.29 is 17.9 Å². The van der Waals surface area contributed by atoms with Gasteiger partial charge in [0.05, 0.1) is 11.5 Å². The minimum atomic E-state index is -3.63. The van der Waals surface area contributed by atoms with Crippen LogP contribution in [0.1, 0.15) is 27.2 Å². The SMILES string of the molecule is COCCN(CCCc1ccccc1)C(=O)c1ccc(S(=O)(=O)NCCc2cccs2)cc1. The van der Waals surface area contributed by atoms with Crippen molar-refractivity contribution in [3.8, 4) is 0 Å². The highest BCUT2D eigenvalue weighted by Crippen LogP contribution is 2.14. The van der Waals surface area contributed by atoms with Gasteiger partial charge in [-0.15, -0.1) is 11.3 Å². The number of hydrogen-bond acceptors (Lipinski definition) is 5. The molecule has 1 N–H and O–H groups in total. The maximum absolute atomic E-state index is 13.1. The molecule has 0 radical (unpaired) electrons. The number of carbonyl (C=O) groups is 1. The number of methoxy groups -OCH3 is 1. The number of nitrogens with one attached hydrogen (secondary N) is 1. The molecular formula is C25H30N2O4S2. The molecule has 1 amide bonds. The van der Waals surface area contributed by atoms with Crippen LogP contribution >= 0.6 is 11.3 Å². The second-order valence-corrected chi connectivity index (χ2v) is 10.4. The number of carbonyl (C=O) groups excluding carboxylic acids is 1. The Labute approximate surface area is 200 Å². The number of rotatable bonds is 13. The Hall–Kier alpha value is -2.52. The second kappa shape index (κ2) is 12.6. The van der Waals surface area contributed by atoms with Gasteiger partial charge < -0.3 is 9.64 Å². The van der Waals surface area contributed by atoms with Crippen molar-refractivity contribution in [1.82, 2.24) is 9.62 Å². The smallest absolute Gasteiger partial charge is 0.253 e. The van der Waals surface area contributed by atoms with Crippen molar-refractivity contribution in [2.24, 2.45) is 0 Å². The average molecular weight is 487 g/mol. The topological polar surface area (TPSA) is 75.7 Å². The van der Waals surface area contributed by atoms with Gasteiger partial charge in [-0.2, -0.15) is 0 Å². The number of nitrogens with zero attached hydrogens (tertiary/aromatic N) is 1. The standard InChI is InChI=1S/C25H30N2O4S2/c1-31-19-18-27(17-5-9-21-7-3-2-4-8-21)25(28)22-11-13-24(14-12-22)33(29,30)26-16-15-23-10-6-20-32-23/h2-4,6-8,10-14,20,26H,5,9,15-19H2,1H3. The lowest BCUT2D eigenvalue weighted by Crippen LogP contribution is -2.35. The van der Waals surface area contributed by atoms with E-state index in [4.69, 9.17) is 4.74 Å². The Balaban J connectivity index is 1.58. The molecule has 0 fully saturated rings. The number of hydrogen-bond donors (Lipinski definition) is 1. The van der Waals surface area contributed by atoms with E-state index in [0.29, 0.717) is 38.2 Å². The monoisotopic (exact) mass is 486 g/mol. The highest BCUT2D eigenvalue weighted by molar-refractivity contribution is 7.89. The van der Waals surface area contributed by atoms with Crippen molar-refractivity contribution in [2.45, 2.75) is 24.2 Å². The number of aryl methyl sites for hydroxylation is 1. The number of thiophene rings is 1. The summed E-state index contributed by atoms with van der Waals surface area (Å²) < 4.78 is 32.9. The van der Waals surface area contributed by atoms with E-state index in [9.17, 15) is 13.2 Å². The van der Waals surface area contributed by atoms with Gasteiger partial charge in [0, 0.05) is 37.2 Å². The molecule has 0 aliphatic carbocycles. The van der Waals surface area contributed by atoms with Crippen molar-refractivity contribution in [2.75, 3.05) is 33.4 Å². The zero-order valence-corrected chi connectivity index (χ0v) is 20.4. The third kappa shape index (κ3) is 7.78. The molecule has 0 aliphatic heterocycles. The Kier molecular flexibility index (Phi) is 9.62. The lowest BCUT2D eigenvalue weighted by molar-refractivity contribution is 0.0693. The molecule has 6 nitrogen and oxygen atoms in total. The molecule has 3 aromatic rings. The molecule has 0 atom stereocenters. The maximum atomic E-state index is 13.1. The van der Waals surface area contributed by atoms with Gasteiger partial charge in [-0.3, -0.25) is 4.79 Å². The van der Waals surface area contributed by atoms with Crippen LogP contribution in [0.4, 0.5) is 0 Å². The first-order chi connectivity index (χ1) is 16.0. The summed E-state index contributed by atoms with van der Waals surface area (Å²) >= 11 is 1.60.